The average Bonchev–Trinajstić information content (AvgIpc) is 2.15. The zero-order chi connectivity index (χ0) is 12.3. The fourth-order valence-corrected chi connectivity index (χ4v) is 1.26. The van der Waals surface area contributed by atoms with E-state index in [1.807, 2.05) is 20.8 Å². The van der Waals surface area contributed by atoms with Gasteiger partial charge in [-0.2, -0.15) is 0 Å². The van der Waals surface area contributed by atoms with Crippen molar-refractivity contribution in [1.82, 2.24) is 0 Å². The zero-order valence-electron chi connectivity index (χ0n) is 10.2. The Bertz CT molecular complexity index is 380. The molecule has 3 nitrogen and oxygen atoms in total. The molecule has 16 heavy (non-hydrogen) atoms. The lowest BCUT2D eigenvalue weighted by atomic mass is 9.64. The van der Waals surface area contributed by atoms with Crippen LogP contribution in [0.15, 0.2) is 24.3 Å². The standard InChI is InChI=1S/C12H17BO3/c1-12(2,3)16-11(14)9-6-5-7-10(8-9)13(4)15/h5-8,15H,1-4H3. The summed E-state index contributed by atoms with van der Waals surface area (Å²) in [4.78, 5) is 11.7. The van der Waals surface area contributed by atoms with Crippen molar-refractivity contribution in [3.63, 3.8) is 0 Å². The molecule has 0 aliphatic rings. The molecule has 0 bridgehead atoms. The van der Waals surface area contributed by atoms with Gasteiger partial charge < -0.3 is 9.76 Å². The van der Waals surface area contributed by atoms with Crippen molar-refractivity contribution in [3.8, 4) is 0 Å². The summed E-state index contributed by atoms with van der Waals surface area (Å²) in [6.45, 7) is 6.55. The molecular formula is C12H17BO3. The van der Waals surface area contributed by atoms with E-state index in [0.29, 0.717) is 11.0 Å². The molecule has 86 valence electrons. The number of carbonyl (C=O) groups is 1. The second-order valence-corrected chi connectivity index (χ2v) is 4.80. The Hall–Kier alpha value is -1.29. The van der Waals surface area contributed by atoms with E-state index >= 15 is 0 Å². The highest BCUT2D eigenvalue weighted by Crippen LogP contribution is 2.11. The lowest BCUT2D eigenvalue weighted by Gasteiger charge is -2.19. The van der Waals surface area contributed by atoms with Gasteiger partial charge in [-0.05, 0) is 32.3 Å². The van der Waals surface area contributed by atoms with Crippen molar-refractivity contribution in [2.75, 3.05) is 0 Å². The van der Waals surface area contributed by atoms with Crippen molar-refractivity contribution in [2.45, 2.75) is 33.2 Å². The zero-order valence-corrected chi connectivity index (χ0v) is 10.2. The van der Waals surface area contributed by atoms with Gasteiger partial charge in [0, 0.05) is 0 Å². The second-order valence-electron chi connectivity index (χ2n) is 4.80. The van der Waals surface area contributed by atoms with Gasteiger partial charge in [-0.3, -0.25) is 0 Å². The molecule has 0 aliphatic carbocycles. The molecule has 1 aromatic carbocycles. The Kier molecular flexibility index (Phi) is 3.76. The minimum atomic E-state index is -0.581. The molecule has 0 unspecified atom stereocenters. The first-order chi connectivity index (χ1) is 7.29. The molecule has 0 saturated heterocycles. The van der Waals surface area contributed by atoms with Crippen LogP contribution in [0.25, 0.3) is 0 Å². The van der Waals surface area contributed by atoms with Gasteiger partial charge in [0.25, 0.3) is 0 Å². The SMILES string of the molecule is CB(O)c1cccc(C(=O)OC(C)(C)C)c1. The second kappa shape index (κ2) is 4.70. The lowest BCUT2D eigenvalue weighted by molar-refractivity contribution is 0.00696. The van der Waals surface area contributed by atoms with E-state index in [9.17, 15) is 9.82 Å². The van der Waals surface area contributed by atoms with Gasteiger partial charge in [0.1, 0.15) is 5.60 Å². The summed E-state index contributed by atoms with van der Waals surface area (Å²) < 4.78 is 5.24. The van der Waals surface area contributed by atoms with Gasteiger partial charge in [0.05, 0.1) is 5.56 Å². The van der Waals surface area contributed by atoms with Crippen LogP contribution in [0, 0.1) is 0 Å². The van der Waals surface area contributed by atoms with Crippen LogP contribution in [-0.4, -0.2) is 23.5 Å². The van der Waals surface area contributed by atoms with Crippen LogP contribution >= 0.6 is 0 Å². The third kappa shape index (κ3) is 3.70. The number of carbonyl (C=O) groups excluding carboxylic acids is 1. The smallest absolute Gasteiger partial charge is 0.338 e. The minimum absolute atomic E-state index is 0.366. The Morgan fingerprint density at radius 1 is 1.38 bits per heavy atom. The van der Waals surface area contributed by atoms with Gasteiger partial charge >= 0.3 is 12.9 Å². The minimum Gasteiger partial charge on any atom is -0.456 e. The third-order valence-electron chi connectivity index (χ3n) is 2.00. The van der Waals surface area contributed by atoms with Gasteiger partial charge in [-0.25, -0.2) is 4.79 Å². The van der Waals surface area contributed by atoms with E-state index in [0.717, 1.165) is 0 Å². The largest absolute Gasteiger partial charge is 0.456 e. The fraction of sp³-hybridized carbons (Fsp3) is 0.417. The van der Waals surface area contributed by atoms with Crippen LogP contribution in [-0.2, 0) is 4.74 Å². The molecular weight excluding hydrogens is 203 g/mol. The number of rotatable bonds is 2. The molecule has 0 heterocycles. The number of benzene rings is 1. The van der Waals surface area contributed by atoms with Crippen molar-refractivity contribution in [2.24, 2.45) is 0 Å². The molecule has 4 heteroatoms. The Balaban J connectivity index is 2.88. The average molecular weight is 220 g/mol. The third-order valence-corrected chi connectivity index (χ3v) is 2.00. The molecule has 0 radical (unpaired) electrons. The van der Waals surface area contributed by atoms with Crippen LogP contribution in [0.4, 0.5) is 0 Å². The van der Waals surface area contributed by atoms with Gasteiger partial charge in [0.15, 0.2) is 0 Å². The van der Waals surface area contributed by atoms with E-state index in [1.165, 1.54) is 0 Å². The van der Waals surface area contributed by atoms with Crippen molar-refractivity contribution in [3.05, 3.63) is 29.8 Å². The number of hydrogen-bond acceptors (Lipinski definition) is 3. The van der Waals surface area contributed by atoms with Gasteiger partial charge in [0.2, 0.25) is 0 Å². The first-order valence-electron chi connectivity index (χ1n) is 5.31. The summed E-state index contributed by atoms with van der Waals surface area (Å²) in [5.74, 6) is -0.366. The Labute approximate surface area is 96.5 Å². The van der Waals surface area contributed by atoms with Crippen LogP contribution in [0.5, 0.6) is 0 Å². The molecule has 0 aliphatic heterocycles. The Morgan fingerprint density at radius 2 is 2.00 bits per heavy atom. The highest BCUT2D eigenvalue weighted by molar-refractivity contribution is 6.64. The van der Waals surface area contributed by atoms with Gasteiger partial charge in [-0.15, -0.1) is 0 Å². The Morgan fingerprint density at radius 3 is 2.50 bits per heavy atom. The molecule has 0 saturated carbocycles. The van der Waals surface area contributed by atoms with E-state index in [1.54, 1.807) is 31.1 Å². The maximum Gasteiger partial charge on any atom is 0.338 e. The van der Waals surface area contributed by atoms with Crippen molar-refractivity contribution >= 4 is 18.3 Å². The monoisotopic (exact) mass is 220 g/mol. The summed E-state index contributed by atoms with van der Waals surface area (Å²) in [7, 11) is 0. The van der Waals surface area contributed by atoms with E-state index in [2.05, 4.69) is 0 Å². The highest BCUT2D eigenvalue weighted by Gasteiger charge is 2.18. The van der Waals surface area contributed by atoms with E-state index < -0.39 is 12.5 Å². The van der Waals surface area contributed by atoms with Gasteiger partial charge in [-0.1, -0.05) is 25.0 Å². The maximum absolute atomic E-state index is 11.7. The molecule has 0 fully saturated rings. The maximum atomic E-state index is 11.7. The normalized spacial score (nSPS) is 11.1. The quantitative estimate of drug-likeness (QED) is 0.606. The number of ether oxygens (including phenoxy) is 1. The molecule has 1 rings (SSSR count). The molecule has 1 aromatic rings. The molecule has 0 atom stereocenters. The van der Waals surface area contributed by atoms with E-state index in [-0.39, 0.29) is 5.97 Å². The number of esters is 1. The van der Waals surface area contributed by atoms with Crippen LogP contribution in [0.3, 0.4) is 0 Å². The fourth-order valence-electron chi connectivity index (χ4n) is 1.26. The predicted molar refractivity (Wildman–Crippen MR) is 65.1 cm³/mol. The predicted octanol–water partition coefficient (Wildman–Crippen LogP) is 1.46. The summed E-state index contributed by atoms with van der Waals surface area (Å²) in [6.07, 6.45) is 0. The van der Waals surface area contributed by atoms with Crippen molar-refractivity contribution < 1.29 is 14.6 Å². The molecule has 0 spiro atoms. The summed E-state index contributed by atoms with van der Waals surface area (Å²) >= 11 is 0. The molecule has 0 amide bonds. The summed E-state index contributed by atoms with van der Waals surface area (Å²) in [6, 6.07) is 6.85. The molecule has 0 aromatic heterocycles. The van der Waals surface area contributed by atoms with E-state index in [4.69, 9.17) is 4.74 Å². The highest BCUT2D eigenvalue weighted by atomic mass is 16.6. The first kappa shape index (κ1) is 12.8. The first-order valence-corrected chi connectivity index (χ1v) is 5.31. The lowest BCUT2D eigenvalue weighted by Crippen LogP contribution is -2.28. The topological polar surface area (TPSA) is 46.5 Å². The van der Waals surface area contributed by atoms with Crippen LogP contribution in [0.1, 0.15) is 31.1 Å². The van der Waals surface area contributed by atoms with Crippen molar-refractivity contribution in [1.29, 1.82) is 0 Å². The summed E-state index contributed by atoms with van der Waals surface area (Å²) in [5.41, 5.74) is 0.675. The summed E-state index contributed by atoms with van der Waals surface area (Å²) in [5, 5.41) is 9.41. The molecule has 1 N–H and O–H groups in total. The van der Waals surface area contributed by atoms with Crippen LogP contribution < -0.4 is 5.46 Å². The van der Waals surface area contributed by atoms with Crippen LogP contribution in [0.2, 0.25) is 6.82 Å². The number of hydrogen-bond donors (Lipinski definition) is 1.